The number of aliphatic hydroxyl groups excluding tert-OH is 1. The molecule has 4 heteroatoms. The molecular formula is C5H6O3S. The summed E-state index contributed by atoms with van der Waals surface area (Å²) in [7, 11) is 0. The number of cyclic esters (lactones) is 1. The molecule has 0 atom stereocenters. The second-order valence-corrected chi connectivity index (χ2v) is 2.56. The number of aliphatic hydroxyl groups is 1. The molecule has 0 bridgehead atoms. The Bertz CT molecular complexity index is 152. The Balaban J connectivity index is 2.47. The molecule has 0 aromatic carbocycles. The second kappa shape index (κ2) is 2.89. The van der Waals surface area contributed by atoms with Gasteiger partial charge < -0.3 is 9.84 Å². The summed E-state index contributed by atoms with van der Waals surface area (Å²) in [5.41, 5.74) is 0. The van der Waals surface area contributed by atoms with Crippen LogP contribution in [-0.4, -0.2) is 23.6 Å². The van der Waals surface area contributed by atoms with Crippen molar-refractivity contribution >= 4 is 17.1 Å². The van der Waals surface area contributed by atoms with E-state index in [4.69, 9.17) is 5.11 Å². The van der Waals surface area contributed by atoms with E-state index in [-0.39, 0.29) is 11.9 Å². The van der Waals surface area contributed by atoms with Crippen molar-refractivity contribution < 1.29 is 14.6 Å². The number of rotatable bonds is 1. The summed E-state index contributed by atoms with van der Waals surface area (Å²) in [5.74, 6) is 0. The third kappa shape index (κ3) is 1.73. The van der Waals surface area contributed by atoms with E-state index in [9.17, 15) is 4.79 Å². The van der Waals surface area contributed by atoms with Crippen molar-refractivity contribution in [3.8, 4) is 0 Å². The van der Waals surface area contributed by atoms with E-state index in [0.717, 1.165) is 16.7 Å². The quantitative estimate of drug-likeness (QED) is 0.554. The van der Waals surface area contributed by atoms with Crippen molar-refractivity contribution in [1.82, 2.24) is 0 Å². The third-order valence-electron chi connectivity index (χ3n) is 0.866. The molecule has 0 aromatic rings. The molecule has 1 saturated heterocycles. The lowest BCUT2D eigenvalue weighted by atomic mass is 10.5. The maximum Gasteiger partial charge on any atom is 0.372 e. The minimum absolute atomic E-state index is 0.0288. The molecule has 1 heterocycles. The van der Waals surface area contributed by atoms with E-state index in [1.165, 1.54) is 0 Å². The van der Waals surface area contributed by atoms with Crippen molar-refractivity contribution in [2.75, 3.05) is 13.2 Å². The molecule has 0 aromatic heterocycles. The lowest BCUT2D eigenvalue weighted by Gasteiger charge is -1.84. The van der Waals surface area contributed by atoms with Crippen LogP contribution in [0.1, 0.15) is 0 Å². The first-order valence-electron chi connectivity index (χ1n) is 2.47. The first-order valence-corrected chi connectivity index (χ1v) is 3.29. The Labute approximate surface area is 56.7 Å². The van der Waals surface area contributed by atoms with Crippen molar-refractivity contribution in [2.45, 2.75) is 0 Å². The molecule has 0 spiro atoms. The second-order valence-electron chi connectivity index (χ2n) is 1.49. The van der Waals surface area contributed by atoms with E-state index >= 15 is 0 Å². The smallest absolute Gasteiger partial charge is 0.372 e. The van der Waals surface area contributed by atoms with Gasteiger partial charge in [0.05, 0.1) is 6.61 Å². The van der Waals surface area contributed by atoms with Gasteiger partial charge in [-0.05, 0) is 17.8 Å². The van der Waals surface area contributed by atoms with Crippen LogP contribution in [0.25, 0.3) is 0 Å². The van der Waals surface area contributed by atoms with Gasteiger partial charge in [0.15, 0.2) is 0 Å². The monoisotopic (exact) mass is 146 g/mol. The van der Waals surface area contributed by atoms with Crippen molar-refractivity contribution in [3.05, 3.63) is 11.0 Å². The van der Waals surface area contributed by atoms with E-state index < -0.39 is 0 Å². The van der Waals surface area contributed by atoms with Crippen molar-refractivity contribution in [2.24, 2.45) is 0 Å². The van der Waals surface area contributed by atoms with Gasteiger partial charge in [0.25, 0.3) is 0 Å². The number of thioether (sulfide) groups is 1. The van der Waals surface area contributed by atoms with E-state index in [2.05, 4.69) is 4.74 Å². The highest BCUT2D eigenvalue weighted by molar-refractivity contribution is 8.16. The fourth-order valence-corrected chi connectivity index (χ4v) is 1.11. The zero-order valence-corrected chi connectivity index (χ0v) is 5.48. The van der Waals surface area contributed by atoms with Crippen LogP contribution in [0, 0.1) is 0 Å². The molecule has 0 amide bonds. The van der Waals surface area contributed by atoms with Crippen LogP contribution >= 0.6 is 11.8 Å². The van der Waals surface area contributed by atoms with Crippen molar-refractivity contribution in [1.29, 1.82) is 0 Å². The van der Waals surface area contributed by atoms with Gasteiger partial charge >= 0.3 is 5.30 Å². The van der Waals surface area contributed by atoms with E-state index in [0.29, 0.717) is 6.61 Å². The number of hydrogen-bond acceptors (Lipinski definition) is 4. The van der Waals surface area contributed by atoms with Gasteiger partial charge in [-0.3, -0.25) is 0 Å². The molecule has 1 aliphatic rings. The highest BCUT2D eigenvalue weighted by Gasteiger charge is 2.16. The molecule has 0 unspecified atom stereocenters. The van der Waals surface area contributed by atoms with Crippen LogP contribution in [0.4, 0.5) is 4.79 Å². The molecule has 1 fully saturated rings. The van der Waals surface area contributed by atoms with Crippen LogP contribution in [0.2, 0.25) is 0 Å². The Morgan fingerprint density at radius 3 is 3.11 bits per heavy atom. The highest BCUT2D eigenvalue weighted by Crippen LogP contribution is 2.25. The molecule has 1 aliphatic heterocycles. The molecule has 50 valence electrons. The Kier molecular flexibility index (Phi) is 2.13. The average Bonchev–Trinajstić information content (AvgIpc) is 2.17. The maximum absolute atomic E-state index is 10.3. The van der Waals surface area contributed by atoms with Crippen LogP contribution in [0.3, 0.4) is 0 Å². The van der Waals surface area contributed by atoms with Crippen LogP contribution < -0.4 is 0 Å². The van der Waals surface area contributed by atoms with Crippen LogP contribution in [0.15, 0.2) is 11.0 Å². The maximum atomic E-state index is 10.3. The van der Waals surface area contributed by atoms with Crippen LogP contribution in [-0.2, 0) is 4.74 Å². The third-order valence-corrected chi connectivity index (χ3v) is 1.70. The standard InChI is InChI=1S/C5H6O3S/c6-2-1-4-3-8-5(7)9-4/h1,6H,2-3H2/b4-1-. The van der Waals surface area contributed by atoms with E-state index in [1.54, 1.807) is 6.08 Å². The summed E-state index contributed by atoms with van der Waals surface area (Å²) in [6.07, 6.45) is 1.57. The largest absolute Gasteiger partial charge is 0.452 e. The van der Waals surface area contributed by atoms with Gasteiger partial charge in [-0.15, -0.1) is 0 Å². The average molecular weight is 146 g/mol. The lowest BCUT2D eigenvalue weighted by molar-refractivity contribution is 0.191. The molecule has 0 aliphatic carbocycles. The zero-order chi connectivity index (χ0) is 6.69. The molecule has 0 saturated carbocycles. The lowest BCUT2D eigenvalue weighted by Crippen LogP contribution is -1.84. The molecule has 1 rings (SSSR count). The molecule has 3 nitrogen and oxygen atoms in total. The minimum Gasteiger partial charge on any atom is -0.452 e. The normalized spacial score (nSPS) is 22.8. The highest BCUT2D eigenvalue weighted by atomic mass is 32.2. The summed E-state index contributed by atoms with van der Waals surface area (Å²) in [5, 5.41) is 8.07. The van der Waals surface area contributed by atoms with Gasteiger partial charge in [-0.25, -0.2) is 4.79 Å². The molecule has 1 N–H and O–H groups in total. The first kappa shape index (κ1) is 6.64. The van der Waals surface area contributed by atoms with Gasteiger partial charge in [-0.1, -0.05) is 0 Å². The Morgan fingerprint density at radius 2 is 2.67 bits per heavy atom. The van der Waals surface area contributed by atoms with E-state index in [1.807, 2.05) is 0 Å². The Hall–Kier alpha value is -0.480. The van der Waals surface area contributed by atoms with Crippen LogP contribution in [0.5, 0.6) is 0 Å². The first-order chi connectivity index (χ1) is 4.33. The Morgan fingerprint density at radius 1 is 1.89 bits per heavy atom. The fourth-order valence-electron chi connectivity index (χ4n) is 0.498. The predicted octanol–water partition coefficient (Wildman–Crippen LogP) is 0.746. The molecule has 9 heavy (non-hydrogen) atoms. The molecular weight excluding hydrogens is 140 g/mol. The summed E-state index contributed by atoms with van der Waals surface area (Å²) < 4.78 is 4.56. The topological polar surface area (TPSA) is 46.5 Å². The molecule has 0 radical (unpaired) electrons. The summed E-state index contributed by atoms with van der Waals surface area (Å²) in [4.78, 5) is 11.1. The van der Waals surface area contributed by atoms with Crippen molar-refractivity contribution in [3.63, 3.8) is 0 Å². The number of carbonyl (C=O) groups is 1. The van der Waals surface area contributed by atoms with Gasteiger partial charge in [-0.2, -0.15) is 0 Å². The predicted molar refractivity (Wildman–Crippen MR) is 34.1 cm³/mol. The minimum atomic E-state index is -0.283. The van der Waals surface area contributed by atoms with Gasteiger partial charge in [0.2, 0.25) is 0 Å². The number of ether oxygens (including phenoxy) is 1. The fraction of sp³-hybridized carbons (Fsp3) is 0.400. The number of hydrogen-bond donors (Lipinski definition) is 1. The summed E-state index contributed by atoms with van der Waals surface area (Å²) in [6.45, 7) is 0.295. The summed E-state index contributed by atoms with van der Waals surface area (Å²) in [6, 6.07) is 0. The van der Waals surface area contributed by atoms with Gasteiger partial charge in [0.1, 0.15) is 6.61 Å². The zero-order valence-electron chi connectivity index (χ0n) is 4.66. The number of carbonyl (C=O) groups excluding carboxylic acids is 1. The van der Waals surface area contributed by atoms with Gasteiger partial charge in [0, 0.05) is 4.91 Å². The summed E-state index contributed by atoms with van der Waals surface area (Å²) >= 11 is 1.03. The SMILES string of the molecule is O=C1OC/C(=C/CO)S1.